The average Bonchev–Trinajstić information content (AvgIpc) is 3.61. The van der Waals surface area contributed by atoms with Gasteiger partial charge in [0.05, 0.1) is 6.61 Å². The molecule has 6 rings (SSSR count). The van der Waals surface area contributed by atoms with E-state index in [2.05, 4.69) is 0 Å². The minimum Gasteiger partial charge on any atom is -0.502 e. The number of fused-ring (bicyclic) bond motifs is 6. The number of nitrogens with zero attached hydrogens (tertiary/aromatic N) is 3. The van der Waals surface area contributed by atoms with Crippen molar-refractivity contribution in [3.05, 3.63) is 93.4 Å². The van der Waals surface area contributed by atoms with Gasteiger partial charge in [-0.05, 0) is 42.4 Å². The second-order valence-corrected chi connectivity index (χ2v) is 9.32. The largest absolute Gasteiger partial charge is 0.502 e. The topological polar surface area (TPSA) is 75.0 Å². The standard InChI is InChI=1S/C26H23F2N3O4/c27-19-7-6-18-22(15-4-2-1-3-5-15)31-14-29(26(34)23-24(33)20(32)9-11-30(23)31)10-8-16-12-17(16)13-35-25(18)21(19)28/h1-7,9,11,16-17,22,33H,8,10,12-14H2/t16-,17+,22+/m0/s1. The summed E-state index contributed by atoms with van der Waals surface area (Å²) in [7, 11) is 0. The minimum atomic E-state index is -1.06. The summed E-state index contributed by atoms with van der Waals surface area (Å²) in [5.74, 6) is -2.83. The lowest BCUT2D eigenvalue weighted by molar-refractivity contribution is 0.0671. The Kier molecular flexibility index (Phi) is 5.01. The number of rotatable bonds is 1. The zero-order valence-corrected chi connectivity index (χ0v) is 18.7. The first-order valence-corrected chi connectivity index (χ1v) is 11.6. The van der Waals surface area contributed by atoms with Crippen molar-refractivity contribution >= 4 is 5.91 Å². The first-order chi connectivity index (χ1) is 16.9. The van der Waals surface area contributed by atoms with E-state index in [9.17, 15) is 19.1 Å². The van der Waals surface area contributed by atoms with Crippen LogP contribution in [0.25, 0.3) is 0 Å². The van der Waals surface area contributed by atoms with Crippen LogP contribution < -0.4 is 15.2 Å². The Bertz CT molecular complexity index is 1380. The SMILES string of the molecule is O=C1c2c(O)c(=O)ccn2N2CN1CC[C@H]1C[C@@H]1COc1c(ccc(F)c1F)[C@H]2c1ccccc1. The lowest BCUT2D eigenvalue weighted by Gasteiger charge is -2.44. The van der Waals surface area contributed by atoms with Gasteiger partial charge in [0.25, 0.3) is 5.91 Å². The molecule has 1 N–H and O–H groups in total. The third-order valence-electron chi connectivity index (χ3n) is 7.21. The molecule has 0 radical (unpaired) electrons. The van der Waals surface area contributed by atoms with E-state index in [0.717, 1.165) is 18.1 Å². The zero-order valence-electron chi connectivity index (χ0n) is 18.7. The molecular weight excluding hydrogens is 456 g/mol. The van der Waals surface area contributed by atoms with Crippen LogP contribution in [0.1, 0.15) is 40.5 Å². The van der Waals surface area contributed by atoms with Gasteiger partial charge in [-0.15, -0.1) is 0 Å². The normalized spacial score (nSPS) is 23.3. The predicted octanol–water partition coefficient (Wildman–Crippen LogP) is 3.39. The molecule has 3 heterocycles. The molecule has 3 aliphatic rings. The molecule has 2 aromatic carbocycles. The average molecular weight is 479 g/mol. The van der Waals surface area contributed by atoms with E-state index in [1.807, 2.05) is 30.3 Å². The third kappa shape index (κ3) is 3.53. The molecule has 1 aliphatic carbocycles. The number of halogens is 2. The molecule has 9 heteroatoms. The molecule has 1 fully saturated rings. The van der Waals surface area contributed by atoms with Crippen LogP contribution in [-0.4, -0.2) is 40.4 Å². The zero-order chi connectivity index (χ0) is 24.3. The molecule has 7 nitrogen and oxygen atoms in total. The summed E-state index contributed by atoms with van der Waals surface area (Å²) in [6.45, 7) is 0.812. The Labute approximate surface area is 199 Å². The molecule has 3 atom stereocenters. The molecule has 2 aliphatic heterocycles. The fraction of sp³-hybridized carbons (Fsp3) is 0.308. The number of carbonyl (C=O) groups is 1. The van der Waals surface area contributed by atoms with Gasteiger partial charge in [-0.25, -0.2) is 4.39 Å². The Morgan fingerprint density at radius 2 is 1.80 bits per heavy atom. The summed E-state index contributed by atoms with van der Waals surface area (Å²) >= 11 is 0. The highest BCUT2D eigenvalue weighted by atomic mass is 19.2. The summed E-state index contributed by atoms with van der Waals surface area (Å²) in [6, 6.07) is 12.2. The van der Waals surface area contributed by atoms with E-state index in [1.54, 1.807) is 9.91 Å². The molecule has 0 unspecified atom stereocenters. The van der Waals surface area contributed by atoms with Crippen molar-refractivity contribution in [2.75, 3.05) is 24.8 Å². The minimum absolute atomic E-state index is 0.115. The lowest BCUT2D eigenvalue weighted by atomic mass is 9.96. The number of benzene rings is 2. The van der Waals surface area contributed by atoms with Crippen molar-refractivity contribution in [2.45, 2.75) is 18.9 Å². The van der Waals surface area contributed by atoms with E-state index >= 15 is 4.39 Å². The van der Waals surface area contributed by atoms with Gasteiger partial charge in [0.1, 0.15) is 12.7 Å². The number of aromatic hydroxyl groups is 1. The van der Waals surface area contributed by atoms with E-state index < -0.39 is 34.8 Å². The molecule has 180 valence electrons. The fourth-order valence-electron chi connectivity index (χ4n) is 5.20. The van der Waals surface area contributed by atoms with E-state index in [1.165, 1.54) is 23.0 Å². The van der Waals surface area contributed by atoms with E-state index in [-0.39, 0.29) is 30.6 Å². The Morgan fingerprint density at radius 1 is 1.00 bits per heavy atom. The van der Waals surface area contributed by atoms with Crippen molar-refractivity contribution in [1.82, 2.24) is 9.58 Å². The van der Waals surface area contributed by atoms with Crippen molar-refractivity contribution < 1.29 is 23.4 Å². The molecule has 2 bridgehead atoms. The molecule has 3 aromatic rings. The van der Waals surface area contributed by atoms with E-state index in [4.69, 9.17) is 4.74 Å². The second kappa shape index (κ2) is 8.11. The van der Waals surface area contributed by atoms with Crippen LogP contribution in [0, 0.1) is 23.5 Å². The van der Waals surface area contributed by atoms with Crippen LogP contribution >= 0.6 is 0 Å². The Morgan fingerprint density at radius 3 is 2.60 bits per heavy atom. The number of ether oxygens (including phenoxy) is 1. The Hall–Kier alpha value is -3.88. The van der Waals surface area contributed by atoms with Crippen molar-refractivity contribution in [2.24, 2.45) is 11.8 Å². The van der Waals surface area contributed by atoms with Crippen LogP contribution in [0.15, 0.2) is 59.5 Å². The van der Waals surface area contributed by atoms with Crippen molar-refractivity contribution in [1.29, 1.82) is 0 Å². The van der Waals surface area contributed by atoms with Gasteiger partial charge in [0, 0.05) is 24.4 Å². The molecule has 1 amide bonds. The monoisotopic (exact) mass is 479 g/mol. The second-order valence-electron chi connectivity index (χ2n) is 9.32. The summed E-state index contributed by atoms with van der Waals surface area (Å²) in [6.07, 6.45) is 3.01. The lowest BCUT2D eigenvalue weighted by Crippen LogP contribution is -2.55. The number of pyridine rings is 1. The number of hydrogen-bond donors (Lipinski definition) is 1. The maximum atomic E-state index is 15.2. The van der Waals surface area contributed by atoms with Crippen LogP contribution in [0.4, 0.5) is 8.78 Å². The fourth-order valence-corrected chi connectivity index (χ4v) is 5.20. The highest BCUT2D eigenvalue weighted by molar-refractivity contribution is 5.96. The number of aromatic nitrogens is 1. The molecule has 1 aromatic heterocycles. The molecule has 0 saturated heterocycles. The maximum absolute atomic E-state index is 15.2. The Balaban J connectivity index is 1.62. The number of carbonyl (C=O) groups excluding carboxylic acids is 1. The van der Waals surface area contributed by atoms with Gasteiger partial charge in [0.2, 0.25) is 11.2 Å². The van der Waals surface area contributed by atoms with Gasteiger partial charge < -0.3 is 14.7 Å². The highest BCUT2D eigenvalue weighted by Crippen LogP contribution is 2.44. The number of amides is 1. The maximum Gasteiger partial charge on any atom is 0.277 e. The number of hydrogen-bond acceptors (Lipinski definition) is 5. The van der Waals surface area contributed by atoms with Crippen LogP contribution in [-0.2, 0) is 0 Å². The third-order valence-corrected chi connectivity index (χ3v) is 7.21. The summed E-state index contributed by atoms with van der Waals surface area (Å²) in [5.41, 5.74) is 0.302. The first kappa shape index (κ1) is 21.6. The quantitative estimate of drug-likeness (QED) is 0.579. The first-order valence-electron chi connectivity index (χ1n) is 11.6. The van der Waals surface area contributed by atoms with Crippen LogP contribution in [0.3, 0.4) is 0 Å². The van der Waals surface area contributed by atoms with Gasteiger partial charge in [0.15, 0.2) is 23.0 Å². The van der Waals surface area contributed by atoms with Gasteiger partial charge >= 0.3 is 0 Å². The summed E-state index contributed by atoms with van der Waals surface area (Å²) in [5, 5.41) is 12.4. The summed E-state index contributed by atoms with van der Waals surface area (Å²) in [4.78, 5) is 27.2. The van der Waals surface area contributed by atoms with Crippen molar-refractivity contribution in [3.8, 4) is 11.5 Å². The van der Waals surface area contributed by atoms with Crippen molar-refractivity contribution in [3.63, 3.8) is 0 Å². The summed E-state index contributed by atoms with van der Waals surface area (Å²) < 4.78 is 36.9. The van der Waals surface area contributed by atoms with Crippen LogP contribution in [0.5, 0.6) is 11.5 Å². The van der Waals surface area contributed by atoms with E-state index in [0.29, 0.717) is 24.4 Å². The van der Waals surface area contributed by atoms with Gasteiger partial charge in [-0.1, -0.05) is 30.3 Å². The molecule has 0 spiro atoms. The molecule has 1 saturated carbocycles. The molecular formula is C26H23F2N3O4. The highest BCUT2D eigenvalue weighted by Gasteiger charge is 2.42. The molecule has 35 heavy (non-hydrogen) atoms. The predicted molar refractivity (Wildman–Crippen MR) is 123 cm³/mol. The van der Waals surface area contributed by atoms with Gasteiger partial charge in [-0.3, -0.25) is 19.3 Å². The van der Waals surface area contributed by atoms with Gasteiger partial charge in [-0.2, -0.15) is 4.39 Å². The smallest absolute Gasteiger partial charge is 0.277 e. The van der Waals surface area contributed by atoms with Crippen LogP contribution in [0.2, 0.25) is 0 Å².